The summed E-state index contributed by atoms with van der Waals surface area (Å²) in [6.07, 6.45) is 7.88. The molecule has 8 nitrogen and oxygen atoms in total. The normalized spacial score (nSPS) is 11.0. The van der Waals surface area contributed by atoms with Crippen molar-refractivity contribution in [2.45, 2.75) is 13.3 Å². The van der Waals surface area contributed by atoms with Gasteiger partial charge in [-0.2, -0.15) is 0 Å². The third-order valence-electron chi connectivity index (χ3n) is 5.60. The number of fused-ring (bicyclic) bond motifs is 2. The van der Waals surface area contributed by atoms with Crippen LogP contribution in [0.3, 0.4) is 0 Å². The minimum absolute atomic E-state index is 0.617. The van der Waals surface area contributed by atoms with E-state index >= 15 is 0 Å². The molecule has 0 unspecified atom stereocenters. The maximum atomic E-state index is 6.11. The van der Waals surface area contributed by atoms with Crippen molar-refractivity contribution in [3.05, 3.63) is 91.3 Å². The number of anilines is 3. The average Bonchev–Trinajstić information content (AvgIpc) is 3.33. The van der Waals surface area contributed by atoms with Crippen molar-refractivity contribution >= 4 is 33.7 Å². The summed E-state index contributed by atoms with van der Waals surface area (Å²) in [5.41, 5.74) is 5.39. The zero-order valence-electron chi connectivity index (χ0n) is 19.7. The molecule has 0 saturated heterocycles. The Bertz CT molecular complexity index is 1510. The van der Waals surface area contributed by atoms with Crippen LogP contribution in [0, 0.1) is 6.92 Å². The van der Waals surface area contributed by atoms with Gasteiger partial charge in [0.25, 0.3) is 0 Å². The van der Waals surface area contributed by atoms with Crippen LogP contribution in [0.25, 0.3) is 16.6 Å². The van der Waals surface area contributed by atoms with Crippen molar-refractivity contribution in [1.82, 2.24) is 19.4 Å². The fraction of sp³-hybridized carbons (Fsp3) is 0.148. The second-order valence-electron chi connectivity index (χ2n) is 8.19. The first-order chi connectivity index (χ1) is 17.1. The molecule has 0 fully saturated rings. The highest BCUT2D eigenvalue weighted by Crippen LogP contribution is 2.31. The molecule has 3 heterocycles. The van der Waals surface area contributed by atoms with Gasteiger partial charge >= 0.3 is 0 Å². The average molecular weight is 467 g/mol. The number of aromatic nitrogens is 4. The number of ether oxygens (including phenoxy) is 2. The zero-order chi connectivity index (χ0) is 24.2. The summed E-state index contributed by atoms with van der Waals surface area (Å²) in [5.74, 6) is 2.24. The number of hydrogen-bond donors (Lipinski definition) is 2. The molecule has 0 atom stereocenters. The Kier molecular flexibility index (Phi) is 6.28. The second-order valence-corrected chi connectivity index (χ2v) is 8.19. The van der Waals surface area contributed by atoms with Crippen LogP contribution >= 0.6 is 0 Å². The van der Waals surface area contributed by atoms with Gasteiger partial charge in [-0.05, 0) is 55.0 Å². The van der Waals surface area contributed by atoms with Crippen molar-refractivity contribution in [3.63, 3.8) is 0 Å². The summed E-state index contributed by atoms with van der Waals surface area (Å²) in [6, 6.07) is 15.7. The van der Waals surface area contributed by atoms with E-state index in [0.29, 0.717) is 6.61 Å². The molecule has 176 valence electrons. The van der Waals surface area contributed by atoms with Crippen LogP contribution in [0.4, 0.5) is 17.2 Å². The number of hydrogen-bond acceptors (Lipinski definition) is 7. The van der Waals surface area contributed by atoms with E-state index < -0.39 is 0 Å². The zero-order valence-corrected chi connectivity index (χ0v) is 19.7. The molecule has 0 bridgehead atoms. The summed E-state index contributed by atoms with van der Waals surface area (Å²) in [6.45, 7) is 6.69. The molecular formula is C27H26N6O2. The van der Waals surface area contributed by atoms with Gasteiger partial charge in [-0.25, -0.2) is 15.0 Å². The minimum Gasteiger partial charge on any atom is -0.457 e. The van der Waals surface area contributed by atoms with Crippen molar-refractivity contribution in [1.29, 1.82) is 0 Å². The van der Waals surface area contributed by atoms with Gasteiger partial charge in [-0.3, -0.25) is 0 Å². The van der Waals surface area contributed by atoms with Crippen LogP contribution in [0.2, 0.25) is 0 Å². The van der Waals surface area contributed by atoms with E-state index in [1.165, 1.54) is 0 Å². The Morgan fingerprint density at radius 2 is 1.89 bits per heavy atom. The number of nitrogens with one attached hydrogen (secondary N) is 2. The Balaban J connectivity index is 1.35. The summed E-state index contributed by atoms with van der Waals surface area (Å²) in [5, 5.41) is 7.66. The third-order valence-corrected chi connectivity index (χ3v) is 5.60. The van der Waals surface area contributed by atoms with E-state index in [1.54, 1.807) is 19.6 Å². The first kappa shape index (κ1) is 22.4. The molecule has 2 N–H and O–H groups in total. The lowest BCUT2D eigenvalue weighted by Crippen LogP contribution is -2.02. The molecular weight excluding hydrogens is 440 g/mol. The summed E-state index contributed by atoms with van der Waals surface area (Å²) in [4.78, 5) is 13.2. The van der Waals surface area contributed by atoms with Gasteiger partial charge in [0.2, 0.25) is 0 Å². The quantitative estimate of drug-likeness (QED) is 0.272. The number of aryl methyl sites for hydroxylation is 1. The van der Waals surface area contributed by atoms with Crippen LogP contribution in [-0.4, -0.2) is 33.1 Å². The first-order valence-corrected chi connectivity index (χ1v) is 11.3. The molecule has 2 aromatic carbocycles. The van der Waals surface area contributed by atoms with Gasteiger partial charge in [-0.15, -0.1) is 0 Å². The number of nitrogens with zero attached hydrogens (tertiary/aromatic N) is 4. The standard InChI is InChI=1S/C27H26N6O2/c1-18-14-20(5-7-25(18)35-22-8-11-33-12-10-28-26(33)16-22)32-27-23-15-21(31-19(2)9-13-34-3)4-6-24(23)29-17-30-27/h4-8,10-12,14-17,31H,2,9,13H2,1,3H3,(H,29,30,32). The molecule has 5 aromatic rings. The van der Waals surface area contributed by atoms with Crippen molar-refractivity contribution < 1.29 is 9.47 Å². The number of imidazole rings is 1. The molecule has 3 aromatic heterocycles. The van der Waals surface area contributed by atoms with Gasteiger partial charge in [0.1, 0.15) is 29.3 Å². The van der Waals surface area contributed by atoms with Crippen molar-refractivity contribution in [2.75, 3.05) is 24.4 Å². The Hall–Kier alpha value is -4.43. The number of benzene rings is 2. The Morgan fingerprint density at radius 3 is 2.74 bits per heavy atom. The molecule has 35 heavy (non-hydrogen) atoms. The van der Waals surface area contributed by atoms with Crippen LogP contribution in [0.1, 0.15) is 12.0 Å². The molecule has 0 spiro atoms. The van der Waals surface area contributed by atoms with Gasteiger partial charge in [0.05, 0.1) is 12.1 Å². The number of pyridine rings is 1. The monoisotopic (exact) mass is 466 g/mol. The molecule has 5 rings (SSSR count). The molecule has 8 heteroatoms. The third kappa shape index (κ3) is 5.07. The number of methoxy groups -OCH3 is 1. The van der Waals surface area contributed by atoms with Gasteiger partial charge in [0, 0.05) is 60.6 Å². The van der Waals surface area contributed by atoms with Crippen LogP contribution in [-0.2, 0) is 4.74 Å². The summed E-state index contributed by atoms with van der Waals surface area (Å²) >= 11 is 0. The van der Waals surface area contributed by atoms with Gasteiger partial charge in [-0.1, -0.05) is 6.58 Å². The lowest BCUT2D eigenvalue weighted by Gasteiger charge is -2.14. The van der Waals surface area contributed by atoms with E-state index in [-0.39, 0.29) is 0 Å². The largest absolute Gasteiger partial charge is 0.457 e. The smallest absolute Gasteiger partial charge is 0.141 e. The highest BCUT2D eigenvalue weighted by atomic mass is 16.5. The predicted molar refractivity (Wildman–Crippen MR) is 139 cm³/mol. The maximum absolute atomic E-state index is 6.11. The fourth-order valence-corrected chi connectivity index (χ4v) is 3.79. The van der Waals surface area contributed by atoms with Crippen molar-refractivity contribution in [3.8, 4) is 11.5 Å². The molecule has 0 aliphatic rings. The SMILES string of the molecule is C=C(CCOC)Nc1ccc2ncnc(Nc3ccc(Oc4ccn5ccnc5c4)c(C)c3)c2c1. The fourth-order valence-electron chi connectivity index (χ4n) is 3.79. The molecule has 0 aliphatic carbocycles. The second kappa shape index (κ2) is 9.82. The molecule has 0 amide bonds. The highest BCUT2D eigenvalue weighted by molar-refractivity contribution is 5.93. The van der Waals surface area contributed by atoms with Crippen LogP contribution < -0.4 is 15.4 Å². The topological polar surface area (TPSA) is 85.6 Å². The van der Waals surface area contributed by atoms with Gasteiger partial charge < -0.3 is 24.5 Å². The first-order valence-electron chi connectivity index (χ1n) is 11.3. The minimum atomic E-state index is 0.617. The maximum Gasteiger partial charge on any atom is 0.141 e. The summed E-state index contributed by atoms with van der Waals surface area (Å²) in [7, 11) is 1.68. The van der Waals surface area contributed by atoms with Crippen LogP contribution in [0.15, 0.2) is 85.7 Å². The molecule has 0 aliphatic heterocycles. The highest BCUT2D eigenvalue weighted by Gasteiger charge is 2.09. The lowest BCUT2D eigenvalue weighted by atomic mass is 10.1. The van der Waals surface area contributed by atoms with Crippen LogP contribution in [0.5, 0.6) is 11.5 Å². The Morgan fingerprint density at radius 1 is 1.00 bits per heavy atom. The van der Waals surface area contributed by atoms with Crippen molar-refractivity contribution in [2.24, 2.45) is 0 Å². The molecule has 0 radical (unpaired) electrons. The number of rotatable bonds is 9. The van der Waals surface area contributed by atoms with E-state index in [4.69, 9.17) is 9.47 Å². The van der Waals surface area contributed by atoms with E-state index in [2.05, 4.69) is 32.2 Å². The van der Waals surface area contributed by atoms with E-state index in [1.807, 2.05) is 72.2 Å². The predicted octanol–water partition coefficient (Wildman–Crippen LogP) is 6.08. The van der Waals surface area contributed by atoms with E-state index in [0.717, 1.165) is 62.9 Å². The Labute approximate surface area is 203 Å². The van der Waals surface area contributed by atoms with E-state index in [9.17, 15) is 0 Å². The summed E-state index contributed by atoms with van der Waals surface area (Å²) < 4.78 is 13.2. The molecule has 0 saturated carbocycles. The lowest BCUT2D eigenvalue weighted by molar-refractivity contribution is 0.202. The van der Waals surface area contributed by atoms with Gasteiger partial charge in [0.15, 0.2) is 0 Å².